The zero-order valence-corrected chi connectivity index (χ0v) is 13.0. The fraction of sp³-hybridized carbons (Fsp3) is 0.211. The standard InChI is InChI=1S/C19H20N2O/c1-3-21(4-2)17-12-10-16(11-13-17)19-20-18(14-22-19)15-8-6-5-7-9-15/h5-14H,3-4H2,1-2H3. The first-order valence-corrected chi connectivity index (χ1v) is 7.68. The average molecular weight is 292 g/mol. The van der Waals surface area contributed by atoms with Crippen LogP contribution in [0.1, 0.15) is 13.8 Å². The summed E-state index contributed by atoms with van der Waals surface area (Å²) in [6.07, 6.45) is 1.71. The van der Waals surface area contributed by atoms with Crippen LogP contribution in [0.15, 0.2) is 65.3 Å². The van der Waals surface area contributed by atoms with Crippen molar-refractivity contribution in [1.29, 1.82) is 0 Å². The zero-order valence-electron chi connectivity index (χ0n) is 13.0. The molecule has 22 heavy (non-hydrogen) atoms. The van der Waals surface area contributed by atoms with E-state index in [0.717, 1.165) is 29.9 Å². The van der Waals surface area contributed by atoms with Gasteiger partial charge in [-0.15, -0.1) is 0 Å². The van der Waals surface area contributed by atoms with Gasteiger partial charge < -0.3 is 9.32 Å². The maximum Gasteiger partial charge on any atom is 0.226 e. The van der Waals surface area contributed by atoms with Gasteiger partial charge in [0, 0.05) is 29.9 Å². The third-order valence-corrected chi connectivity index (χ3v) is 3.82. The lowest BCUT2D eigenvalue weighted by atomic mass is 10.1. The molecule has 112 valence electrons. The summed E-state index contributed by atoms with van der Waals surface area (Å²) >= 11 is 0. The molecule has 0 radical (unpaired) electrons. The zero-order chi connectivity index (χ0) is 15.4. The third kappa shape index (κ3) is 2.89. The summed E-state index contributed by atoms with van der Waals surface area (Å²) in [4.78, 5) is 6.90. The molecular formula is C19H20N2O. The van der Waals surface area contributed by atoms with E-state index in [1.54, 1.807) is 6.26 Å². The number of aromatic nitrogens is 1. The molecule has 3 heteroatoms. The van der Waals surface area contributed by atoms with Crippen molar-refractivity contribution in [3.05, 3.63) is 60.9 Å². The highest BCUT2D eigenvalue weighted by Gasteiger charge is 2.09. The maximum absolute atomic E-state index is 5.63. The van der Waals surface area contributed by atoms with Crippen LogP contribution < -0.4 is 4.90 Å². The Balaban J connectivity index is 1.85. The Morgan fingerprint density at radius 1 is 0.864 bits per heavy atom. The van der Waals surface area contributed by atoms with E-state index >= 15 is 0 Å². The number of rotatable bonds is 5. The van der Waals surface area contributed by atoms with Crippen LogP contribution in [0.25, 0.3) is 22.7 Å². The van der Waals surface area contributed by atoms with Gasteiger partial charge in [0.2, 0.25) is 5.89 Å². The van der Waals surface area contributed by atoms with Gasteiger partial charge in [-0.2, -0.15) is 0 Å². The number of benzene rings is 2. The number of anilines is 1. The Hall–Kier alpha value is -2.55. The molecule has 1 aromatic heterocycles. The van der Waals surface area contributed by atoms with Crippen molar-refractivity contribution in [3.8, 4) is 22.7 Å². The summed E-state index contributed by atoms with van der Waals surface area (Å²) in [5, 5.41) is 0. The molecule has 0 spiro atoms. The van der Waals surface area contributed by atoms with Gasteiger partial charge in [-0.1, -0.05) is 30.3 Å². The first-order valence-electron chi connectivity index (χ1n) is 7.68. The lowest BCUT2D eigenvalue weighted by Crippen LogP contribution is -2.21. The highest BCUT2D eigenvalue weighted by molar-refractivity contribution is 5.64. The minimum atomic E-state index is 0.657. The van der Waals surface area contributed by atoms with Gasteiger partial charge in [0.25, 0.3) is 0 Å². The Morgan fingerprint density at radius 3 is 2.18 bits per heavy atom. The molecule has 0 saturated heterocycles. The fourth-order valence-corrected chi connectivity index (χ4v) is 2.55. The quantitative estimate of drug-likeness (QED) is 0.673. The van der Waals surface area contributed by atoms with Gasteiger partial charge in [0.05, 0.1) is 0 Å². The van der Waals surface area contributed by atoms with Gasteiger partial charge in [-0.05, 0) is 38.1 Å². The molecular weight excluding hydrogens is 272 g/mol. The van der Waals surface area contributed by atoms with Crippen LogP contribution >= 0.6 is 0 Å². The van der Waals surface area contributed by atoms with E-state index in [0.29, 0.717) is 5.89 Å². The molecule has 3 aromatic rings. The van der Waals surface area contributed by atoms with Gasteiger partial charge in [0.15, 0.2) is 0 Å². The van der Waals surface area contributed by atoms with E-state index in [9.17, 15) is 0 Å². The van der Waals surface area contributed by atoms with E-state index in [1.165, 1.54) is 5.69 Å². The van der Waals surface area contributed by atoms with E-state index < -0.39 is 0 Å². The smallest absolute Gasteiger partial charge is 0.226 e. The Kier molecular flexibility index (Phi) is 4.24. The van der Waals surface area contributed by atoms with Crippen molar-refractivity contribution in [1.82, 2.24) is 4.98 Å². The van der Waals surface area contributed by atoms with Crippen LogP contribution in [0.2, 0.25) is 0 Å². The molecule has 0 unspecified atom stereocenters. The van der Waals surface area contributed by atoms with Crippen LogP contribution in [0.4, 0.5) is 5.69 Å². The molecule has 3 rings (SSSR count). The van der Waals surface area contributed by atoms with Crippen LogP contribution in [0, 0.1) is 0 Å². The van der Waals surface area contributed by atoms with E-state index in [2.05, 4.69) is 48.0 Å². The van der Waals surface area contributed by atoms with Gasteiger partial charge in [-0.3, -0.25) is 0 Å². The summed E-state index contributed by atoms with van der Waals surface area (Å²) in [5.41, 5.74) is 4.15. The van der Waals surface area contributed by atoms with Gasteiger partial charge in [-0.25, -0.2) is 4.98 Å². The molecule has 3 nitrogen and oxygen atoms in total. The Morgan fingerprint density at radius 2 is 1.55 bits per heavy atom. The summed E-state index contributed by atoms with van der Waals surface area (Å²) < 4.78 is 5.63. The molecule has 0 amide bonds. The molecule has 2 aromatic carbocycles. The molecule has 0 aliphatic rings. The van der Waals surface area contributed by atoms with Crippen molar-refractivity contribution in [2.45, 2.75) is 13.8 Å². The second-order valence-electron chi connectivity index (χ2n) is 5.12. The SMILES string of the molecule is CCN(CC)c1ccc(-c2nc(-c3ccccc3)co2)cc1. The predicted octanol–water partition coefficient (Wildman–Crippen LogP) is 4.85. The lowest BCUT2D eigenvalue weighted by Gasteiger charge is -2.20. The largest absolute Gasteiger partial charge is 0.444 e. The Labute approximate surface area is 131 Å². The van der Waals surface area contributed by atoms with Crippen molar-refractivity contribution in [3.63, 3.8) is 0 Å². The van der Waals surface area contributed by atoms with E-state index in [1.807, 2.05) is 30.3 Å². The highest BCUT2D eigenvalue weighted by atomic mass is 16.3. The molecule has 0 atom stereocenters. The number of hydrogen-bond donors (Lipinski definition) is 0. The van der Waals surface area contributed by atoms with Crippen LogP contribution in [-0.4, -0.2) is 18.1 Å². The first kappa shape index (κ1) is 14.4. The van der Waals surface area contributed by atoms with E-state index in [4.69, 9.17) is 4.42 Å². The maximum atomic E-state index is 5.63. The van der Waals surface area contributed by atoms with Crippen LogP contribution in [-0.2, 0) is 0 Å². The van der Waals surface area contributed by atoms with Crippen molar-refractivity contribution < 1.29 is 4.42 Å². The summed E-state index contributed by atoms with van der Waals surface area (Å²) in [5.74, 6) is 0.657. The normalized spacial score (nSPS) is 10.6. The number of hydrogen-bond acceptors (Lipinski definition) is 3. The average Bonchev–Trinajstić information content (AvgIpc) is 3.07. The molecule has 0 aliphatic carbocycles. The minimum Gasteiger partial charge on any atom is -0.444 e. The van der Waals surface area contributed by atoms with Crippen LogP contribution in [0.3, 0.4) is 0 Å². The monoisotopic (exact) mass is 292 g/mol. The van der Waals surface area contributed by atoms with Crippen molar-refractivity contribution in [2.24, 2.45) is 0 Å². The molecule has 0 N–H and O–H groups in total. The number of nitrogens with zero attached hydrogens (tertiary/aromatic N) is 2. The summed E-state index contributed by atoms with van der Waals surface area (Å²) in [6, 6.07) is 18.4. The molecule has 0 aliphatic heterocycles. The third-order valence-electron chi connectivity index (χ3n) is 3.82. The summed E-state index contributed by atoms with van der Waals surface area (Å²) in [7, 11) is 0. The number of oxazole rings is 1. The minimum absolute atomic E-state index is 0.657. The van der Waals surface area contributed by atoms with Crippen molar-refractivity contribution >= 4 is 5.69 Å². The van der Waals surface area contributed by atoms with Crippen LogP contribution in [0.5, 0.6) is 0 Å². The Bertz CT molecular complexity index is 713. The molecule has 0 fully saturated rings. The van der Waals surface area contributed by atoms with Gasteiger partial charge >= 0.3 is 0 Å². The molecule has 1 heterocycles. The second-order valence-corrected chi connectivity index (χ2v) is 5.12. The first-order chi connectivity index (χ1) is 10.8. The highest BCUT2D eigenvalue weighted by Crippen LogP contribution is 2.26. The van der Waals surface area contributed by atoms with Gasteiger partial charge in [0.1, 0.15) is 12.0 Å². The second kappa shape index (κ2) is 6.48. The van der Waals surface area contributed by atoms with Crippen molar-refractivity contribution in [2.75, 3.05) is 18.0 Å². The lowest BCUT2D eigenvalue weighted by molar-refractivity contribution is 0.575. The fourth-order valence-electron chi connectivity index (χ4n) is 2.55. The molecule has 0 bridgehead atoms. The topological polar surface area (TPSA) is 29.3 Å². The predicted molar refractivity (Wildman–Crippen MR) is 90.9 cm³/mol. The molecule has 0 saturated carbocycles. The van der Waals surface area contributed by atoms with E-state index in [-0.39, 0.29) is 0 Å². The summed E-state index contributed by atoms with van der Waals surface area (Å²) in [6.45, 7) is 6.34.